The second-order valence-electron chi connectivity index (χ2n) is 12.1. The van der Waals surface area contributed by atoms with Gasteiger partial charge >= 0.3 is 30.6 Å². The number of ether oxygens (including phenoxy) is 1. The first-order valence-electron chi connectivity index (χ1n) is 15.1. The third-order valence-electron chi connectivity index (χ3n) is 8.99. The number of amides is 2. The summed E-state index contributed by atoms with van der Waals surface area (Å²) < 4.78 is 128. The Labute approximate surface area is 269 Å². The average molecular weight is 697 g/mol. The number of hydrogen-bond acceptors (Lipinski definition) is 4. The lowest BCUT2D eigenvalue weighted by atomic mass is 9.79. The molecule has 264 valence electrons. The standard InChI is InChI=1S/C32H33F9N2O5/c1-3-23-15-26(42(29(47)48-2)16-18-10-21(31(36,37)38)13-22(11-18)32(39,40)41)24-14-20(30(33,34)35)8-9-25(24)43(23)28(46)19-6-4-17(5-7-19)12-27(44)45/h8-11,13-14,17,19,23,26H,3-7,12,15-16H2,1-2H3,(H,44,45). The smallest absolute Gasteiger partial charge is 0.416 e. The van der Waals surface area contributed by atoms with Crippen LogP contribution in [0.1, 0.15) is 85.7 Å². The molecule has 48 heavy (non-hydrogen) atoms. The Balaban J connectivity index is 1.80. The molecule has 2 aromatic carbocycles. The monoisotopic (exact) mass is 696 g/mol. The molecule has 1 fully saturated rings. The Morgan fingerprint density at radius 2 is 1.42 bits per heavy atom. The fourth-order valence-electron chi connectivity index (χ4n) is 6.63. The van der Waals surface area contributed by atoms with Gasteiger partial charge in [-0.15, -0.1) is 0 Å². The average Bonchev–Trinajstić information content (AvgIpc) is 3.00. The minimum Gasteiger partial charge on any atom is -0.481 e. The zero-order valence-electron chi connectivity index (χ0n) is 25.8. The maximum atomic E-state index is 14.0. The number of hydrogen-bond donors (Lipinski definition) is 1. The number of anilines is 1. The van der Waals surface area contributed by atoms with Crippen LogP contribution in [0.4, 0.5) is 50.0 Å². The maximum absolute atomic E-state index is 14.0. The Morgan fingerprint density at radius 3 is 1.90 bits per heavy atom. The molecule has 2 atom stereocenters. The van der Waals surface area contributed by atoms with Crippen LogP contribution in [0.3, 0.4) is 0 Å². The summed E-state index contributed by atoms with van der Waals surface area (Å²) in [6.07, 6.45) is -14.9. The van der Waals surface area contributed by atoms with Crippen molar-refractivity contribution in [1.29, 1.82) is 0 Å². The van der Waals surface area contributed by atoms with Crippen LogP contribution in [-0.4, -0.2) is 41.1 Å². The summed E-state index contributed by atoms with van der Waals surface area (Å²) >= 11 is 0. The van der Waals surface area contributed by atoms with Crippen LogP contribution in [-0.2, 0) is 39.4 Å². The number of carboxylic acid groups (broad SMARTS) is 1. The van der Waals surface area contributed by atoms with Gasteiger partial charge in [-0.05, 0) is 92.0 Å². The van der Waals surface area contributed by atoms with E-state index in [1.165, 1.54) is 4.90 Å². The number of halogens is 9. The minimum absolute atomic E-state index is 0.0117. The fourth-order valence-corrected chi connectivity index (χ4v) is 6.63. The number of carbonyl (C=O) groups is 3. The lowest BCUT2D eigenvalue weighted by Crippen LogP contribution is -2.50. The predicted octanol–water partition coefficient (Wildman–Crippen LogP) is 8.85. The molecule has 2 aromatic rings. The Morgan fingerprint density at radius 1 is 0.854 bits per heavy atom. The van der Waals surface area contributed by atoms with Crippen LogP contribution >= 0.6 is 0 Å². The second-order valence-corrected chi connectivity index (χ2v) is 12.1. The van der Waals surface area contributed by atoms with Gasteiger partial charge in [0.25, 0.3) is 0 Å². The van der Waals surface area contributed by atoms with E-state index >= 15 is 0 Å². The normalized spacial score (nSPS) is 21.8. The van der Waals surface area contributed by atoms with Crippen LogP contribution < -0.4 is 4.90 Å². The number of alkyl halides is 9. The van der Waals surface area contributed by atoms with Crippen molar-refractivity contribution in [2.75, 3.05) is 12.0 Å². The summed E-state index contributed by atoms with van der Waals surface area (Å²) in [5.74, 6) is -2.09. The van der Waals surface area contributed by atoms with Gasteiger partial charge < -0.3 is 14.7 Å². The van der Waals surface area contributed by atoms with E-state index in [4.69, 9.17) is 9.84 Å². The van der Waals surface area contributed by atoms with Gasteiger partial charge in [-0.25, -0.2) is 4.79 Å². The van der Waals surface area contributed by atoms with E-state index in [0.29, 0.717) is 37.8 Å². The van der Waals surface area contributed by atoms with Crippen molar-refractivity contribution >= 4 is 23.7 Å². The van der Waals surface area contributed by atoms with Gasteiger partial charge in [0.1, 0.15) is 0 Å². The summed E-state index contributed by atoms with van der Waals surface area (Å²) in [5.41, 5.74) is -5.19. The van der Waals surface area contributed by atoms with Crippen molar-refractivity contribution in [3.05, 3.63) is 64.2 Å². The Hall–Kier alpha value is -3.98. The van der Waals surface area contributed by atoms with Crippen molar-refractivity contribution in [2.45, 2.75) is 89.0 Å². The van der Waals surface area contributed by atoms with Crippen LogP contribution in [0.25, 0.3) is 0 Å². The van der Waals surface area contributed by atoms with E-state index in [2.05, 4.69) is 0 Å². The lowest BCUT2D eigenvalue weighted by Gasteiger charge is -2.45. The van der Waals surface area contributed by atoms with E-state index in [9.17, 15) is 53.9 Å². The highest BCUT2D eigenvalue weighted by atomic mass is 19.4. The quantitative estimate of drug-likeness (QED) is 0.293. The van der Waals surface area contributed by atoms with E-state index in [0.717, 1.165) is 30.2 Å². The van der Waals surface area contributed by atoms with E-state index < -0.39 is 83.3 Å². The molecule has 0 aromatic heterocycles. The Bertz CT molecular complexity index is 1480. The van der Waals surface area contributed by atoms with Gasteiger partial charge in [-0.1, -0.05) is 6.92 Å². The molecule has 0 bridgehead atoms. The van der Waals surface area contributed by atoms with Crippen molar-refractivity contribution in [1.82, 2.24) is 4.90 Å². The van der Waals surface area contributed by atoms with Crippen LogP contribution in [0.15, 0.2) is 36.4 Å². The lowest BCUT2D eigenvalue weighted by molar-refractivity contribution is -0.143. The molecule has 2 aliphatic rings. The molecule has 2 amide bonds. The largest absolute Gasteiger partial charge is 0.481 e. The molecule has 1 aliphatic carbocycles. The predicted molar refractivity (Wildman–Crippen MR) is 152 cm³/mol. The van der Waals surface area contributed by atoms with E-state index in [1.807, 2.05) is 0 Å². The van der Waals surface area contributed by atoms with Gasteiger partial charge in [-0.2, -0.15) is 39.5 Å². The molecule has 1 heterocycles. The number of carbonyl (C=O) groups excluding carboxylic acids is 2. The van der Waals surface area contributed by atoms with Crippen molar-refractivity contribution in [2.24, 2.45) is 11.8 Å². The number of aliphatic carboxylic acids is 1. The van der Waals surface area contributed by atoms with Crippen molar-refractivity contribution in [3.63, 3.8) is 0 Å². The molecule has 2 unspecified atom stereocenters. The highest BCUT2D eigenvalue weighted by molar-refractivity contribution is 5.97. The third kappa shape index (κ3) is 8.17. The molecule has 0 spiro atoms. The third-order valence-corrected chi connectivity index (χ3v) is 8.99. The number of methoxy groups -OCH3 is 1. The zero-order chi connectivity index (χ0) is 35.8. The van der Waals surface area contributed by atoms with Crippen LogP contribution in [0.2, 0.25) is 0 Å². The van der Waals surface area contributed by atoms with Crippen molar-refractivity contribution in [3.8, 4) is 0 Å². The highest BCUT2D eigenvalue weighted by Crippen LogP contribution is 2.47. The number of benzene rings is 2. The molecule has 1 N–H and O–H groups in total. The van der Waals surface area contributed by atoms with Gasteiger partial charge in [0, 0.05) is 30.6 Å². The molecule has 4 rings (SSSR count). The maximum Gasteiger partial charge on any atom is 0.416 e. The number of rotatable bonds is 7. The molecule has 16 heteroatoms. The molecular weight excluding hydrogens is 663 g/mol. The molecule has 1 aliphatic heterocycles. The fraction of sp³-hybridized carbons (Fsp3) is 0.531. The zero-order valence-corrected chi connectivity index (χ0v) is 25.8. The van der Waals surface area contributed by atoms with Gasteiger partial charge in [-0.3, -0.25) is 14.5 Å². The topological polar surface area (TPSA) is 87.2 Å². The van der Waals surface area contributed by atoms with Crippen molar-refractivity contribution < 1.29 is 63.7 Å². The van der Waals surface area contributed by atoms with Gasteiger partial charge in [0.05, 0.1) is 29.8 Å². The summed E-state index contributed by atoms with van der Waals surface area (Å²) in [5, 5.41) is 9.13. The van der Waals surface area contributed by atoms with Gasteiger partial charge in [0.15, 0.2) is 0 Å². The second kappa shape index (κ2) is 13.9. The number of fused-ring (bicyclic) bond motifs is 1. The number of nitrogens with zero attached hydrogens (tertiary/aromatic N) is 2. The van der Waals surface area contributed by atoms with Crippen LogP contribution in [0, 0.1) is 11.8 Å². The summed E-state index contributed by atoms with van der Waals surface area (Å²) in [6, 6.07) is 1.24. The number of carboxylic acids is 1. The Kier molecular flexibility index (Phi) is 10.6. The first-order chi connectivity index (χ1) is 22.2. The minimum atomic E-state index is -5.19. The van der Waals surface area contributed by atoms with E-state index in [-0.39, 0.29) is 42.5 Å². The van der Waals surface area contributed by atoms with E-state index in [1.54, 1.807) is 6.92 Å². The molecular formula is C32H33F9N2O5. The highest BCUT2D eigenvalue weighted by Gasteiger charge is 2.44. The van der Waals surface area contributed by atoms with Crippen LogP contribution in [0.5, 0.6) is 0 Å². The molecule has 1 saturated carbocycles. The first-order valence-corrected chi connectivity index (χ1v) is 15.1. The molecule has 0 saturated heterocycles. The SMILES string of the molecule is CCC1CC(N(Cc2cc(C(F)(F)F)cc(C(F)(F)F)c2)C(=O)OC)c2cc(C(F)(F)F)ccc2N1C(=O)C1CCC(CC(=O)O)CC1. The molecule has 7 nitrogen and oxygen atoms in total. The summed E-state index contributed by atoms with van der Waals surface area (Å²) in [7, 11) is 0.909. The van der Waals surface area contributed by atoms with Gasteiger partial charge in [0.2, 0.25) is 5.91 Å². The molecule has 0 radical (unpaired) electrons. The summed E-state index contributed by atoms with van der Waals surface area (Å²) in [4.78, 5) is 40.4. The first kappa shape index (κ1) is 36.8. The summed E-state index contributed by atoms with van der Waals surface area (Å²) in [6.45, 7) is 0.795.